The molecule has 0 spiro atoms. The van der Waals surface area contributed by atoms with Crippen LogP contribution in [0.15, 0.2) is 43.2 Å². The first-order valence-electron chi connectivity index (χ1n) is 7.82. The van der Waals surface area contributed by atoms with E-state index in [2.05, 4.69) is 46.9 Å². The topological polar surface area (TPSA) is 59.7 Å². The summed E-state index contributed by atoms with van der Waals surface area (Å²) >= 11 is 3.87. The molecule has 0 bridgehead atoms. The molecule has 23 heavy (non-hydrogen) atoms. The Hall–Kier alpha value is -1.20. The number of rotatable bonds is 0. The van der Waals surface area contributed by atoms with Gasteiger partial charge in [0.2, 0.25) is 0 Å². The Morgan fingerprint density at radius 1 is 0.739 bits per heavy atom. The summed E-state index contributed by atoms with van der Waals surface area (Å²) in [6.07, 6.45) is 0. The molecule has 5 heteroatoms. The van der Waals surface area contributed by atoms with Gasteiger partial charge in [0.15, 0.2) is 0 Å². The van der Waals surface area contributed by atoms with Crippen LogP contribution in [-0.4, -0.2) is 21.2 Å². The minimum atomic E-state index is -0.0996. The number of nitrogens with one attached hydrogen (secondary N) is 3. The summed E-state index contributed by atoms with van der Waals surface area (Å²) in [5.74, 6) is 0.774. The van der Waals surface area contributed by atoms with Crippen molar-refractivity contribution < 1.29 is 0 Å². The van der Waals surface area contributed by atoms with E-state index in [4.69, 9.17) is 10.8 Å². The average Bonchev–Trinajstić information content (AvgIpc) is 2.95. The van der Waals surface area contributed by atoms with Crippen LogP contribution in [0.5, 0.6) is 0 Å². The number of allylic oxidation sites excluding steroid dienone is 4. The molecule has 4 rings (SSSR count). The predicted octanol–water partition coefficient (Wildman–Crippen LogP) is 4.75. The van der Waals surface area contributed by atoms with Gasteiger partial charge in [-0.3, -0.25) is 10.8 Å². The van der Waals surface area contributed by atoms with Gasteiger partial charge in [0, 0.05) is 11.1 Å². The first-order valence-corrected chi connectivity index (χ1v) is 9.45. The van der Waals surface area contributed by atoms with Crippen LogP contribution in [0.2, 0.25) is 0 Å². The number of thioether (sulfide) groups is 2. The van der Waals surface area contributed by atoms with Crippen LogP contribution in [0.1, 0.15) is 41.5 Å². The van der Waals surface area contributed by atoms with Crippen molar-refractivity contribution in [2.75, 3.05) is 0 Å². The van der Waals surface area contributed by atoms with E-state index in [1.807, 2.05) is 23.5 Å². The fourth-order valence-corrected chi connectivity index (χ4v) is 7.75. The quantitative estimate of drug-likeness (QED) is 0.595. The van der Waals surface area contributed by atoms with Crippen LogP contribution in [0.4, 0.5) is 0 Å². The van der Waals surface area contributed by atoms with Gasteiger partial charge in [-0.15, -0.1) is 23.5 Å². The van der Waals surface area contributed by atoms with Crippen LogP contribution in [0.3, 0.4) is 0 Å². The maximum Gasteiger partial charge on any atom is 0.132 e. The highest BCUT2D eigenvalue weighted by Crippen LogP contribution is 2.69. The highest BCUT2D eigenvalue weighted by atomic mass is 32.2. The van der Waals surface area contributed by atoms with Gasteiger partial charge in [0.05, 0.1) is 9.49 Å². The van der Waals surface area contributed by atoms with Crippen LogP contribution in [0, 0.1) is 10.8 Å². The first-order chi connectivity index (χ1) is 10.6. The second kappa shape index (κ2) is 4.25. The molecule has 0 aromatic rings. The van der Waals surface area contributed by atoms with Crippen LogP contribution >= 0.6 is 23.5 Å². The van der Waals surface area contributed by atoms with Crippen molar-refractivity contribution in [1.29, 1.82) is 10.8 Å². The second-order valence-corrected chi connectivity index (χ2v) is 10.3. The van der Waals surface area contributed by atoms with E-state index in [-0.39, 0.29) is 9.49 Å². The van der Waals surface area contributed by atoms with Crippen molar-refractivity contribution in [2.45, 2.75) is 51.0 Å². The summed E-state index contributed by atoms with van der Waals surface area (Å²) in [7, 11) is 0. The Morgan fingerprint density at radius 3 is 1.43 bits per heavy atom. The minimum Gasteiger partial charge on any atom is -0.325 e. The lowest BCUT2D eigenvalue weighted by Gasteiger charge is -2.47. The molecule has 3 N–H and O–H groups in total. The second-order valence-electron chi connectivity index (χ2n) is 7.01. The lowest BCUT2D eigenvalue weighted by molar-refractivity contribution is 0.605. The van der Waals surface area contributed by atoms with E-state index >= 15 is 0 Å². The standard InChI is InChI=1S/C18H21N3S2/c1-7-9(3)22-17(5)13(7)11-12(16(20)21-15(11)19)14-8(2)10(4)23-18(14,17)6/h1-6H3,(H3,19,20,21). The molecule has 120 valence electrons. The zero-order valence-corrected chi connectivity index (χ0v) is 15.9. The molecule has 0 aromatic carbocycles. The van der Waals surface area contributed by atoms with E-state index in [1.165, 1.54) is 32.1 Å². The largest absolute Gasteiger partial charge is 0.325 e. The van der Waals surface area contributed by atoms with Crippen molar-refractivity contribution in [2.24, 2.45) is 0 Å². The number of fused-ring (bicyclic) bond motifs is 4. The fourth-order valence-electron chi connectivity index (χ4n) is 4.46. The third-order valence-electron chi connectivity index (χ3n) is 5.89. The fraction of sp³-hybridized carbons (Fsp3) is 0.444. The van der Waals surface area contributed by atoms with Gasteiger partial charge in [-0.2, -0.15) is 0 Å². The summed E-state index contributed by atoms with van der Waals surface area (Å²) in [6, 6.07) is 0. The summed E-state index contributed by atoms with van der Waals surface area (Å²) in [5, 5.41) is 19.8. The van der Waals surface area contributed by atoms with E-state index < -0.39 is 0 Å². The Kier molecular flexibility index (Phi) is 2.83. The summed E-state index contributed by atoms with van der Waals surface area (Å²) in [5.41, 5.74) is 7.01. The van der Waals surface area contributed by atoms with E-state index in [9.17, 15) is 0 Å². The van der Waals surface area contributed by atoms with Gasteiger partial charge >= 0.3 is 0 Å². The Morgan fingerprint density at radius 2 is 1.09 bits per heavy atom. The van der Waals surface area contributed by atoms with Crippen molar-refractivity contribution in [3.8, 4) is 0 Å². The molecular formula is C18H21N3S2. The Labute approximate surface area is 145 Å². The molecule has 1 aliphatic carbocycles. The van der Waals surface area contributed by atoms with Gasteiger partial charge in [-0.25, -0.2) is 0 Å². The molecule has 0 saturated carbocycles. The zero-order valence-electron chi connectivity index (χ0n) is 14.3. The van der Waals surface area contributed by atoms with Gasteiger partial charge in [-0.1, -0.05) is 0 Å². The summed E-state index contributed by atoms with van der Waals surface area (Å²) < 4.78 is -0.199. The zero-order chi connectivity index (χ0) is 16.9. The summed E-state index contributed by atoms with van der Waals surface area (Å²) in [4.78, 5) is 2.68. The molecule has 1 fully saturated rings. The Bertz CT molecular complexity index is 785. The number of amidine groups is 2. The Balaban J connectivity index is 2.18. The summed E-state index contributed by atoms with van der Waals surface area (Å²) in [6.45, 7) is 13.4. The van der Waals surface area contributed by atoms with Gasteiger partial charge in [0.1, 0.15) is 11.7 Å². The molecular weight excluding hydrogens is 322 g/mol. The van der Waals surface area contributed by atoms with Gasteiger partial charge < -0.3 is 5.32 Å². The van der Waals surface area contributed by atoms with Crippen molar-refractivity contribution in [3.05, 3.63) is 43.2 Å². The van der Waals surface area contributed by atoms with Crippen molar-refractivity contribution in [1.82, 2.24) is 5.32 Å². The maximum atomic E-state index is 8.43. The van der Waals surface area contributed by atoms with Crippen LogP contribution in [0.25, 0.3) is 0 Å². The highest BCUT2D eigenvalue weighted by Gasteiger charge is 2.62. The third-order valence-corrected chi connectivity index (χ3v) is 9.28. The normalized spacial score (nSPS) is 36.1. The molecule has 4 aliphatic rings. The monoisotopic (exact) mass is 343 g/mol. The lowest BCUT2D eigenvalue weighted by Crippen LogP contribution is -2.48. The molecule has 3 nitrogen and oxygen atoms in total. The maximum absolute atomic E-state index is 8.43. The van der Waals surface area contributed by atoms with Crippen molar-refractivity contribution in [3.63, 3.8) is 0 Å². The van der Waals surface area contributed by atoms with E-state index in [1.54, 1.807) is 0 Å². The van der Waals surface area contributed by atoms with Crippen LogP contribution in [-0.2, 0) is 0 Å². The smallest absolute Gasteiger partial charge is 0.132 e. The first kappa shape index (κ1) is 15.3. The number of hydrogen-bond donors (Lipinski definition) is 3. The van der Waals surface area contributed by atoms with Gasteiger partial charge in [-0.05, 0) is 73.6 Å². The molecule has 1 saturated heterocycles. The molecule has 2 unspecified atom stereocenters. The SMILES string of the molecule is CC1=C(C)C2=C3C(=N)NC(=N)C3=C3C(C)=C(C)SC3(C)C2(C)S1. The van der Waals surface area contributed by atoms with Crippen LogP contribution < -0.4 is 5.32 Å². The van der Waals surface area contributed by atoms with E-state index in [0.29, 0.717) is 11.7 Å². The number of hydrogen-bond acceptors (Lipinski definition) is 4. The molecule has 2 atom stereocenters. The molecule has 0 radical (unpaired) electrons. The lowest BCUT2D eigenvalue weighted by atomic mass is 9.68. The van der Waals surface area contributed by atoms with Crippen molar-refractivity contribution >= 4 is 35.2 Å². The van der Waals surface area contributed by atoms with E-state index in [0.717, 1.165) is 11.1 Å². The molecule has 3 heterocycles. The molecule has 0 amide bonds. The minimum absolute atomic E-state index is 0.0996. The van der Waals surface area contributed by atoms with Gasteiger partial charge in [0.25, 0.3) is 0 Å². The molecule has 3 aliphatic heterocycles. The predicted molar refractivity (Wildman–Crippen MR) is 101 cm³/mol. The third kappa shape index (κ3) is 1.51. The average molecular weight is 344 g/mol. The highest BCUT2D eigenvalue weighted by molar-refractivity contribution is 8.09. The molecule has 0 aromatic heterocycles.